The average Bonchev–Trinajstić information content (AvgIpc) is 2.55. The molecule has 0 atom stereocenters. The predicted molar refractivity (Wildman–Crippen MR) is 106 cm³/mol. The Morgan fingerprint density at radius 1 is 0.783 bits per heavy atom. The first kappa shape index (κ1) is 24.9. The highest BCUT2D eigenvalue weighted by atomic mass is 16.1. The van der Waals surface area contributed by atoms with Gasteiger partial charge in [0.25, 0.3) is 0 Å². The summed E-state index contributed by atoms with van der Waals surface area (Å²) in [5.74, 6) is 2.77. The van der Waals surface area contributed by atoms with Crippen LogP contribution in [0.25, 0.3) is 0 Å². The lowest BCUT2D eigenvalue weighted by molar-refractivity contribution is -0.127. The van der Waals surface area contributed by atoms with Crippen molar-refractivity contribution in [1.29, 1.82) is 0 Å². The van der Waals surface area contributed by atoms with Crippen molar-refractivity contribution in [1.82, 2.24) is 0 Å². The summed E-state index contributed by atoms with van der Waals surface area (Å²) in [6.45, 7) is 17.4. The van der Waals surface area contributed by atoms with E-state index in [1.807, 2.05) is 13.8 Å². The van der Waals surface area contributed by atoms with Crippen molar-refractivity contribution in [2.75, 3.05) is 0 Å². The van der Waals surface area contributed by atoms with Crippen LogP contribution >= 0.6 is 0 Å². The molecule has 1 fully saturated rings. The molecule has 140 valence electrons. The zero-order valence-electron chi connectivity index (χ0n) is 17.6. The lowest BCUT2D eigenvalue weighted by Gasteiger charge is -2.30. The molecule has 0 aromatic rings. The van der Waals surface area contributed by atoms with E-state index in [0.717, 1.165) is 24.7 Å². The van der Waals surface area contributed by atoms with Crippen LogP contribution in [-0.4, -0.2) is 5.78 Å². The molecule has 0 N–H and O–H groups in total. The summed E-state index contributed by atoms with van der Waals surface area (Å²) < 4.78 is 0. The summed E-state index contributed by atoms with van der Waals surface area (Å²) in [5, 5.41) is 0. The first-order valence-corrected chi connectivity index (χ1v) is 10.4. The van der Waals surface area contributed by atoms with Gasteiger partial charge in [-0.05, 0) is 37.5 Å². The Morgan fingerprint density at radius 2 is 1.22 bits per heavy atom. The van der Waals surface area contributed by atoms with Crippen molar-refractivity contribution in [3.8, 4) is 0 Å². The van der Waals surface area contributed by atoms with E-state index < -0.39 is 0 Å². The van der Waals surface area contributed by atoms with Gasteiger partial charge in [0.05, 0.1) is 0 Å². The first-order valence-electron chi connectivity index (χ1n) is 10.4. The summed E-state index contributed by atoms with van der Waals surface area (Å²) >= 11 is 0. The van der Waals surface area contributed by atoms with Crippen molar-refractivity contribution >= 4 is 5.78 Å². The summed E-state index contributed by atoms with van der Waals surface area (Å²) in [7, 11) is 0. The van der Waals surface area contributed by atoms with E-state index in [1.165, 1.54) is 44.9 Å². The fourth-order valence-electron chi connectivity index (χ4n) is 2.90. The minimum atomic E-state index is 0.232. The number of ketones is 1. The lowest BCUT2D eigenvalue weighted by Crippen LogP contribution is -2.26. The van der Waals surface area contributed by atoms with Crippen molar-refractivity contribution in [2.24, 2.45) is 23.7 Å². The van der Waals surface area contributed by atoms with E-state index in [9.17, 15) is 4.79 Å². The third-order valence-electron chi connectivity index (χ3n) is 4.89. The quantitative estimate of drug-likeness (QED) is 0.489. The van der Waals surface area contributed by atoms with Crippen LogP contribution in [0.15, 0.2) is 0 Å². The molecule has 0 aromatic heterocycles. The van der Waals surface area contributed by atoms with Crippen LogP contribution in [-0.2, 0) is 4.79 Å². The molecular weight excluding hydrogens is 280 g/mol. The van der Waals surface area contributed by atoms with Gasteiger partial charge in [-0.2, -0.15) is 0 Å². The van der Waals surface area contributed by atoms with Crippen LogP contribution in [0.3, 0.4) is 0 Å². The minimum absolute atomic E-state index is 0.232. The van der Waals surface area contributed by atoms with Crippen LogP contribution in [0.5, 0.6) is 0 Å². The second-order valence-corrected chi connectivity index (χ2v) is 7.77. The highest BCUT2D eigenvalue weighted by Gasteiger charge is 2.28. The van der Waals surface area contributed by atoms with Gasteiger partial charge in [0.1, 0.15) is 5.78 Å². The van der Waals surface area contributed by atoms with E-state index in [2.05, 4.69) is 41.5 Å². The smallest absolute Gasteiger partial charge is 0.138 e. The van der Waals surface area contributed by atoms with E-state index in [0.29, 0.717) is 11.7 Å². The zero-order chi connectivity index (χ0) is 18.3. The second kappa shape index (κ2) is 16.5. The summed E-state index contributed by atoms with van der Waals surface area (Å²) in [5.41, 5.74) is 0. The molecule has 1 aliphatic rings. The Labute approximate surface area is 148 Å². The number of carbonyl (C=O) groups is 1. The highest BCUT2D eigenvalue weighted by molar-refractivity contribution is 5.82. The Balaban J connectivity index is 0. The monoisotopic (exact) mass is 326 g/mol. The standard InChI is InChI=1S/C13H24O.C5H12.C4H10/c1-9(2)11-5-7-12(8-6-11)13(14)10(3)4;1-3-5-4-2;1-3-4-2/h9-12H,5-8H2,1-4H3;3-5H2,1-2H3;3-4H2,1-2H3. The predicted octanol–water partition coefficient (Wildman–Crippen LogP) is 7.68. The first-order chi connectivity index (χ1) is 10.8. The fraction of sp³-hybridized carbons (Fsp3) is 0.955. The van der Waals surface area contributed by atoms with Gasteiger partial charge in [0.2, 0.25) is 0 Å². The maximum Gasteiger partial charge on any atom is 0.138 e. The number of unbranched alkanes of at least 4 members (excludes halogenated alkanes) is 3. The van der Waals surface area contributed by atoms with Gasteiger partial charge in [-0.1, -0.05) is 87.5 Å². The molecule has 0 heterocycles. The molecule has 1 heteroatoms. The summed E-state index contributed by atoms with van der Waals surface area (Å²) in [6, 6.07) is 0. The van der Waals surface area contributed by atoms with Crippen LogP contribution in [0.1, 0.15) is 113 Å². The van der Waals surface area contributed by atoms with Gasteiger partial charge in [-0.3, -0.25) is 4.79 Å². The topological polar surface area (TPSA) is 17.1 Å². The third kappa shape index (κ3) is 13.8. The van der Waals surface area contributed by atoms with Gasteiger partial charge in [0.15, 0.2) is 0 Å². The Hall–Kier alpha value is -0.330. The molecule has 0 aliphatic heterocycles. The van der Waals surface area contributed by atoms with Gasteiger partial charge in [-0.15, -0.1) is 0 Å². The Bertz CT molecular complexity index is 243. The molecule has 0 bridgehead atoms. The molecule has 0 unspecified atom stereocenters. The molecule has 23 heavy (non-hydrogen) atoms. The third-order valence-corrected chi connectivity index (χ3v) is 4.89. The molecule has 1 saturated carbocycles. The van der Waals surface area contributed by atoms with Crippen LogP contribution in [0, 0.1) is 23.7 Å². The molecule has 1 rings (SSSR count). The number of hydrogen-bond donors (Lipinski definition) is 0. The van der Waals surface area contributed by atoms with Crippen molar-refractivity contribution in [3.63, 3.8) is 0 Å². The maximum atomic E-state index is 11.8. The molecule has 0 aromatic carbocycles. The average molecular weight is 327 g/mol. The van der Waals surface area contributed by atoms with Crippen molar-refractivity contribution < 1.29 is 4.79 Å². The fourth-order valence-corrected chi connectivity index (χ4v) is 2.90. The molecule has 0 spiro atoms. The molecule has 0 saturated heterocycles. The van der Waals surface area contributed by atoms with E-state index in [-0.39, 0.29) is 5.92 Å². The van der Waals surface area contributed by atoms with Crippen molar-refractivity contribution in [2.45, 2.75) is 113 Å². The van der Waals surface area contributed by atoms with Gasteiger partial charge < -0.3 is 0 Å². The SMILES string of the molecule is CC(C)C(=O)C1CCC(C(C)C)CC1.CCCC.CCCCC. The number of Topliss-reactive ketones (excluding diaryl/α,β-unsaturated/α-hetero) is 1. The normalized spacial score (nSPS) is 20.4. The van der Waals surface area contributed by atoms with Gasteiger partial charge >= 0.3 is 0 Å². The summed E-state index contributed by atoms with van der Waals surface area (Å²) in [4.78, 5) is 11.8. The van der Waals surface area contributed by atoms with E-state index in [4.69, 9.17) is 0 Å². The molecule has 0 radical (unpaired) electrons. The second-order valence-electron chi connectivity index (χ2n) is 7.77. The van der Waals surface area contributed by atoms with Crippen LogP contribution in [0.2, 0.25) is 0 Å². The van der Waals surface area contributed by atoms with Crippen LogP contribution < -0.4 is 0 Å². The molecular formula is C22H46O. The lowest BCUT2D eigenvalue weighted by atomic mass is 9.74. The van der Waals surface area contributed by atoms with E-state index >= 15 is 0 Å². The number of hydrogen-bond acceptors (Lipinski definition) is 1. The summed E-state index contributed by atoms with van der Waals surface area (Å²) in [6.07, 6.45) is 11.5. The number of rotatable bonds is 6. The van der Waals surface area contributed by atoms with Crippen molar-refractivity contribution in [3.05, 3.63) is 0 Å². The molecule has 1 nitrogen and oxygen atoms in total. The minimum Gasteiger partial charge on any atom is -0.299 e. The molecule has 0 amide bonds. The Kier molecular flexibility index (Phi) is 17.9. The van der Waals surface area contributed by atoms with Crippen LogP contribution in [0.4, 0.5) is 0 Å². The van der Waals surface area contributed by atoms with Gasteiger partial charge in [-0.25, -0.2) is 0 Å². The van der Waals surface area contributed by atoms with Gasteiger partial charge in [0, 0.05) is 11.8 Å². The largest absolute Gasteiger partial charge is 0.299 e. The van der Waals surface area contributed by atoms with E-state index in [1.54, 1.807) is 0 Å². The number of carbonyl (C=O) groups excluding carboxylic acids is 1. The Morgan fingerprint density at radius 3 is 1.43 bits per heavy atom. The molecule has 1 aliphatic carbocycles. The zero-order valence-corrected chi connectivity index (χ0v) is 17.6. The maximum absolute atomic E-state index is 11.8. The highest BCUT2D eigenvalue weighted by Crippen LogP contribution is 2.34.